The molecule has 0 aliphatic carbocycles. The van der Waals surface area contributed by atoms with Crippen LogP contribution < -0.4 is 5.73 Å². The number of hydrogen-bond donors (Lipinski definition) is 1. The van der Waals surface area contributed by atoms with Gasteiger partial charge in [0.15, 0.2) is 5.82 Å². The van der Waals surface area contributed by atoms with Gasteiger partial charge in [-0.15, -0.1) is 15.3 Å². The van der Waals surface area contributed by atoms with Crippen LogP contribution in [-0.2, 0) is 13.0 Å². The van der Waals surface area contributed by atoms with Crippen molar-refractivity contribution in [1.82, 2.24) is 34.5 Å². The third-order valence-corrected chi connectivity index (χ3v) is 4.55. The number of pyridine rings is 1. The van der Waals surface area contributed by atoms with Crippen molar-refractivity contribution in [3.8, 4) is 11.5 Å². The zero-order valence-corrected chi connectivity index (χ0v) is 16.2. The summed E-state index contributed by atoms with van der Waals surface area (Å²) >= 11 is 0. The summed E-state index contributed by atoms with van der Waals surface area (Å²) in [6.07, 6.45) is 2.10. The molecule has 9 heteroatoms. The predicted molar refractivity (Wildman–Crippen MR) is 106 cm³/mol. The van der Waals surface area contributed by atoms with Crippen LogP contribution >= 0.6 is 0 Å². The quantitative estimate of drug-likeness (QED) is 0.542. The van der Waals surface area contributed by atoms with E-state index in [0.717, 1.165) is 5.82 Å². The fourth-order valence-electron chi connectivity index (χ4n) is 3.07. The lowest BCUT2D eigenvalue weighted by Gasteiger charge is -2.10. The van der Waals surface area contributed by atoms with Crippen LogP contribution in [0.4, 0.5) is 10.2 Å². The summed E-state index contributed by atoms with van der Waals surface area (Å²) in [6.45, 7) is 4.35. The average molecular weight is 392 g/mol. The minimum Gasteiger partial charge on any atom is -0.384 e. The van der Waals surface area contributed by atoms with Crippen molar-refractivity contribution in [2.45, 2.75) is 32.9 Å². The summed E-state index contributed by atoms with van der Waals surface area (Å²) < 4.78 is 17.9. The number of halogens is 1. The van der Waals surface area contributed by atoms with Gasteiger partial charge in [0.05, 0.1) is 13.0 Å². The average Bonchev–Trinajstić information content (AvgIpc) is 3.31. The van der Waals surface area contributed by atoms with Crippen LogP contribution in [0.25, 0.3) is 11.5 Å². The van der Waals surface area contributed by atoms with Gasteiger partial charge in [0.2, 0.25) is 0 Å². The standard InChI is InChI=1S/C20H21FN8/c1-13(2)28-12-23-26-19(28)10-18-25-20(16-8-5-9-17(22)24-16)27-29(18)11-14-6-3-4-7-15(14)21/h3-9,12-13H,10-11H2,1-2H3,(H2,22,24). The summed E-state index contributed by atoms with van der Waals surface area (Å²) in [6, 6.07) is 12.1. The van der Waals surface area contributed by atoms with Gasteiger partial charge < -0.3 is 10.3 Å². The van der Waals surface area contributed by atoms with Gasteiger partial charge in [-0.25, -0.2) is 19.0 Å². The summed E-state index contributed by atoms with van der Waals surface area (Å²) in [5.41, 5.74) is 6.89. The van der Waals surface area contributed by atoms with E-state index in [1.54, 1.807) is 47.4 Å². The van der Waals surface area contributed by atoms with Crippen LogP contribution in [0.1, 0.15) is 37.1 Å². The van der Waals surface area contributed by atoms with E-state index in [0.29, 0.717) is 35.1 Å². The number of rotatable bonds is 6. The molecule has 0 atom stereocenters. The smallest absolute Gasteiger partial charge is 0.200 e. The minimum atomic E-state index is -0.289. The molecule has 4 rings (SSSR count). The van der Waals surface area contributed by atoms with Crippen molar-refractivity contribution in [3.63, 3.8) is 0 Å². The Bertz CT molecular complexity index is 1130. The first-order valence-corrected chi connectivity index (χ1v) is 9.29. The SMILES string of the molecule is CC(C)n1cnnc1Cc1nc(-c2cccc(N)n2)nn1Cc1ccccc1F. The zero-order valence-electron chi connectivity index (χ0n) is 16.2. The van der Waals surface area contributed by atoms with Crippen molar-refractivity contribution >= 4 is 5.82 Å². The maximum Gasteiger partial charge on any atom is 0.200 e. The van der Waals surface area contributed by atoms with E-state index < -0.39 is 0 Å². The lowest BCUT2D eigenvalue weighted by atomic mass is 10.2. The van der Waals surface area contributed by atoms with Crippen molar-refractivity contribution in [2.75, 3.05) is 5.73 Å². The van der Waals surface area contributed by atoms with Gasteiger partial charge >= 0.3 is 0 Å². The molecule has 3 aromatic heterocycles. The molecule has 0 saturated heterocycles. The number of nitrogens with zero attached hydrogens (tertiary/aromatic N) is 7. The monoisotopic (exact) mass is 392 g/mol. The van der Waals surface area contributed by atoms with Crippen LogP contribution in [-0.4, -0.2) is 34.5 Å². The van der Waals surface area contributed by atoms with Gasteiger partial charge in [-0.2, -0.15) is 0 Å². The highest BCUT2D eigenvalue weighted by atomic mass is 19.1. The second-order valence-corrected chi connectivity index (χ2v) is 6.97. The van der Waals surface area contributed by atoms with Crippen LogP contribution in [0.3, 0.4) is 0 Å². The summed E-state index contributed by atoms with van der Waals surface area (Å²) in [7, 11) is 0. The molecule has 1 aromatic carbocycles. The van der Waals surface area contributed by atoms with Gasteiger partial charge in [0, 0.05) is 11.6 Å². The van der Waals surface area contributed by atoms with Crippen molar-refractivity contribution in [2.24, 2.45) is 0 Å². The first-order valence-electron chi connectivity index (χ1n) is 9.29. The Balaban J connectivity index is 1.75. The second kappa shape index (κ2) is 7.78. The van der Waals surface area contributed by atoms with Gasteiger partial charge in [0.1, 0.15) is 35.3 Å². The molecule has 0 radical (unpaired) electrons. The number of aromatic nitrogens is 7. The van der Waals surface area contributed by atoms with Gasteiger partial charge in [-0.3, -0.25) is 0 Å². The molecule has 0 fully saturated rings. The van der Waals surface area contributed by atoms with E-state index in [2.05, 4.69) is 39.1 Å². The van der Waals surface area contributed by atoms with E-state index in [1.165, 1.54) is 6.07 Å². The Labute approximate surface area is 167 Å². The van der Waals surface area contributed by atoms with E-state index in [4.69, 9.17) is 5.73 Å². The third-order valence-electron chi connectivity index (χ3n) is 4.55. The highest BCUT2D eigenvalue weighted by molar-refractivity contribution is 5.51. The van der Waals surface area contributed by atoms with E-state index >= 15 is 0 Å². The van der Waals surface area contributed by atoms with Crippen LogP contribution in [0.15, 0.2) is 48.8 Å². The van der Waals surface area contributed by atoms with Crippen LogP contribution in [0.5, 0.6) is 0 Å². The first kappa shape index (κ1) is 18.7. The normalized spacial score (nSPS) is 11.3. The Morgan fingerprint density at radius 3 is 2.62 bits per heavy atom. The Hall–Kier alpha value is -3.62. The second-order valence-electron chi connectivity index (χ2n) is 6.97. The summed E-state index contributed by atoms with van der Waals surface area (Å²) in [5.74, 6) is 1.92. The topological polar surface area (TPSA) is 100 Å². The lowest BCUT2D eigenvalue weighted by Crippen LogP contribution is -2.12. The minimum absolute atomic E-state index is 0.206. The van der Waals surface area contributed by atoms with E-state index in [9.17, 15) is 4.39 Å². The van der Waals surface area contributed by atoms with Gasteiger partial charge in [0.25, 0.3) is 0 Å². The molecule has 4 aromatic rings. The Morgan fingerprint density at radius 2 is 1.86 bits per heavy atom. The van der Waals surface area contributed by atoms with Gasteiger partial charge in [-0.1, -0.05) is 24.3 Å². The highest BCUT2D eigenvalue weighted by Crippen LogP contribution is 2.19. The van der Waals surface area contributed by atoms with E-state index in [-0.39, 0.29) is 18.4 Å². The molecule has 3 heterocycles. The fourth-order valence-corrected chi connectivity index (χ4v) is 3.07. The van der Waals surface area contributed by atoms with Crippen LogP contribution in [0.2, 0.25) is 0 Å². The maximum atomic E-state index is 14.2. The molecular weight excluding hydrogens is 371 g/mol. The number of hydrogen-bond acceptors (Lipinski definition) is 6. The maximum absolute atomic E-state index is 14.2. The van der Waals surface area contributed by atoms with Gasteiger partial charge in [-0.05, 0) is 32.0 Å². The molecule has 0 aliphatic rings. The fraction of sp³-hybridized carbons (Fsp3) is 0.250. The molecule has 8 nitrogen and oxygen atoms in total. The predicted octanol–water partition coefficient (Wildman–Crippen LogP) is 2.87. The molecule has 0 saturated carbocycles. The Morgan fingerprint density at radius 1 is 1.03 bits per heavy atom. The van der Waals surface area contributed by atoms with Crippen molar-refractivity contribution in [1.29, 1.82) is 0 Å². The van der Waals surface area contributed by atoms with Crippen molar-refractivity contribution in [3.05, 3.63) is 71.8 Å². The molecule has 0 unspecified atom stereocenters. The molecule has 148 valence electrons. The number of anilines is 1. The number of nitrogen functional groups attached to an aromatic ring is 1. The first-order chi connectivity index (χ1) is 14.0. The Kier molecular flexibility index (Phi) is 5.03. The molecule has 0 amide bonds. The molecule has 0 bridgehead atoms. The highest BCUT2D eigenvalue weighted by Gasteiger charge is 2.18. The molecule has 0 aliphatic heterocycles. The summed E-state index contributed by atoms with van der Waals surface area (Å²) in [5, 5.41) is 12.8. The van der Waals surface area contributed by atoms with Crippen molar-refractivity contribution < 1.29 is 4.39 Å². The lowest BCUT2D eigenvalue weighted by molar-refractivity contribution is 0.554. The number of nitrogens with two attached hydrogens (primary N) is 1. The third kappa shape index (κ3) is 3.98. The van der Waals surface area contributed by atoms with Crippen LogP contribution in [0, 0.1) is 5.82 Å². The zero-order chi connectivity index (χ0) is 20.4. The number of benzene rings is 1. The molecule has 0 spiro atoms. The molecule has 29 heavy (non-hydrogen) atoms. The molecule has 2 N–H and O–H groups in total. The summed E-state index contributed by atoms with van der Waals surface area (Å²) in [4.78, 5) is 8.95. The molecular formula is C20H21FN8. The largest absolute Gasteiger partial charge is 0.384 e. The van der Waals surface area contributed by atoms with E-state index in [1.807, 2.05) is 4.57 Å².